The van der Waals surface area contributed by atoms with E-state index in [9.17, 15) is 15.2 Å². The van der Waals surface area contributed by atoms with Gasteiger partial charge in [-0.25, -0.2) is 0 Å². The van der Waals surface area contributed by atoms with Crippen molar-refractivity contribution < 1.29 is 15.4 Å². The van der Waals surface area contributed by atoms with Gasteiger partial charge in [0.25, 0.3) is 0 Å². The number of piperidine rings is 1. The smallest absolute Gasteiger partial charge is 0.241 e. The van der Waals surface area contributed by atoms with Crippen LogP contribution in [-0.4, -0.2) is 45.1 Å². The van der Waals surface area contributed by atoms with Crippen LogP contribution in [0.1, 0.15) is 51.4 Å². The molecule has 6 nitrogen and oxygen atoms in total. The highest BCUT2D eigenvalue weighted by Crippen LogP contribution is 2.63. The highest BCUT2D eigenvalue weighted by Gasteiger charge is 2.62. The number of nitrogens with zero attached hydrogens (tertiary/aromatic N) is 2. The minimum atomic E-state index is -0.594. The summed E-state index contributed by atoms with van der Waals surface area (Å²) in [6, 6.07) is 1.72. The number of amides is 1. The van der Waals surface area contributed by atoms with Crippen LogP contribution in [0.2, 0.25) is 0 Å². The molecule has 6 rings (SSSR count). The van der Waals surface area contributed by atoms with Crippen molar-refractivity contribution in [2.75, 3.05) is 0 Å². The lowest BCUT2D eigenvalue weighted by Crippen LogP contribution is -2.64. The maximum atomic E-state index is 13.1. The zero-order chi connectivity index (χ0) is 16.0. The molecule has 5 N–H and O–H groups in total. The second-order valence-corrected chi connectivity index (χ2v) is 9.21. The summed E-state index contributed by atoms with van der Waals surface area (Å²) in [5, 5.41) is 20.2. The van der Waals surface area contributed by atoms with Crippen LogP contribution in [0.4, 0.5) is 0 Å². The maximum absolute atomic E-state index is 13.1. The van der Waals surface area contributed by atoms with Crippen molar-refractivity contribution in [3.05, 3.63) is 0 Å². The molecule has 132 valence electrons. The molecule has 4 unspecified atom stereocenters. The predicted molar refractivity (Wildman–Crippen MR) is 86.4 cm³/mol. The lowest BCUT2D eigenvalue weighted by Gasteiger charge is -2.61. The first-order valence-corrected chi connectivity index (χ1v) is 9.13. The molecule has 0 aromatic heterocycles. The summed E-state index contributed by atoms with van der Waals surface area (Å²) in [5.41, 5.74) is 5.71. The Morgan fingerprint density at radius 1 is 1.21 bits per heavy atom. The quantitative estimate of drug-likeness (QED) is 0.756. The molecule has 0 aromatic rings. The minimum absolute atomic E-state index is 0. The summed E-state index contributed by atoms with van der Waals surface area (Å²) in [7, 11) is 0. The number of hydrogen-bond donors (Lipinski definition) is 2. The average molecular weight is 333 g/mol. The Morgan fingerprint density at radius 2 is 1.88 bits per heavy atom. The Balaban J connectivity index is 0.00000146. The summed E-state index contributed by atoms with van der Waals surface area (Å²) < 4.78 is 0. The van der Waals surface area contributed by atoms with Gasteiger partial charge in [0.15, 0.2) is 0 Å². The summed E-state index contributed by atoms with van der Waals surface area (Å²) in [5.74, 6) is 1.56. The molecule has 0 aromatic carbocycles. The second-order valence-electron chi connectivity index (χ2n) is 9.21. The van der Waals surface area contributed by atoms with Crippen molar-refractivity contribution >= 4 is 5.91 Å². The number of likely N-dealkylation sites (tertiary alicyclic amines) is 1. The van der Waals surface area contributed by atoms with Gasteiger partial charge in [-0.1, -0.05) is 0 Å². The van der Waals surface area contributed by atoms with Gasteiger partial charge in [-0.3, -0.25) is 4.79 Å². The van der Waals surface area contributed by atoms with Crippen molar-refractivity contribution in [3.8, 4) is 6.07 Å². The van der Waals surface area contributed by atoms with Gasteiger partial charge in [0.2, 0.25) is 5.91 Å². The van der Waals surface area contributed by atoms with Crippen LogP contribution >= 0.6 is 0 Å². The third kappa shape index (κ3) is 2.08. The molecule has 0 radical (unpaired) electrons. The fourth-order valence-electron chi connectivity index (χ4n) is 6.96. The molecule has 1 amide bonds. The zero-order valence-electron chi connectivity index (χ0n) is 13.9. The highest BCUT2D eigenvalue weighted by atomic mass is 16.3. The Labute approximate surface area is 142 Å². The standard InChI is InChI=1S/C18H25N3O2.H2O/c19-8-13-2-12-3-14(12)21(13)16(22)15(20)17-4-10-1-11(5-17)7-18(23,6-10)9-17;/h10-15,23H,1-7,9,20H2;1H2/t10?,11?,12-,13?,14-,15?,17?,18?;/m0./s1. The van der Waals surface area contributed by atoms with Gasteiger partial charge in [-0.15, -0.1) is 0 Å². The van der Waals surface area contributed by atoms with Crippen molar-refractivity contribution in [2.45, 2.75) is 75.1 Å². The SMILES string of the molecule is N#CC1C[C@H]2C[C@@H]2N1C(=O)C(N)C12CC3CC(CC(O)(C3)C1)C2.O. The molecule has 0 spiro atoms. The molecule has 1 saturated heterocycles. The third-order valence-electron chi connectivity index (χ3n) is 7.51. The van der Waals surface area contributed by atoms with Crippen molar-refractivity contribution in [1.29, 1.82) is 5.26 Å². The minimum Gasteiger partial charge on any atom is -0.412 e. The van der Waals surface area contributed by atoms with Gasteiger partial charge < -0.3 is 21.2 Å². The van der Waals surface area contributed by atoms with Crippen LogP contribution in [0.5, 0.6) is 0 Å². The first-order chi connectivity index (χ1) is 10.9. The Kier molecular flexibility index (Phi) is 3.36. The molecule has 1 aliphatic heterocycles. The molecule has 24 heavy (non-hydrogen) atoms. The van der Waals surface area contributed by atoms with Gasteiger partial charge in [-0.05, 0) is 74.5 Å². The molecule has 4 bridgehead atoms. The topological polar surface area (TPSA) is 122 Å². The first kappa shape index (κ1) is 16.3. The van der Waals surface area contributed by atoms with Crippen molar-refractivity contribution in [3.63, 3.8) is 0 Å². The van der Waals surface area contributed by atoms with E-state index in [-0.39, 0.29) is 28.9 Å². The van der Waals surface area contributed by atoms with E-state index in [0.29, 0.717) is 24.2 Å². The molecular weight excluding hydrogens is 306 g/mol. The van der Waals surface area contributed by atoms with E-state index in [2.05, 4.69) is 6.07 Å². The molecule has 1 heterocycles. The maximum Gasteiger partial charge on any atom is 0.241 e. The fourth-order valence-corrected chi connectivity index (χ4v) is 6.96. The lowest BCUT2D eigenvalue weighted by molar-refractivity contribution is -0.177. The van der Waals surface area contributed by atoms with Gasteiger partial charge in [0, 0.05) is 6.04 Å². The summed E-state index contributed by atoms with van der Waals surface area (Å²) in [4.78, 5) is 14.9. The summed E-state index contributed by atoms with van der Waals surface area (Å²) in [6.07, 6.45) is 7.48. The number of aliphatic hydroxyl groups is 1. The summed E-state index contributed by atoms with van der Waals surface area (Å²) >= 11 is 0. The van der Waals surface area contributed by atoms with E-state index in [4.69, 9.17) is 5.73 Å². The molecule has 5 aliphatic carbocycles. The van der Waals surface area contributed by atoms with E-state index in [1.54, 1.807) is 4.90 Å². The van der Waals surface area contributed by atoms with E-state index < -0.39 is 11.6 Å². The molecule has 6 heteroatoms. The number of rotatable bonds is 2. The van der Waals surface area contributed by atoms with Crippen LogP contribution < -0.4 is 5.73 Å². The monoisotopic (exact) mass is 333 g/mol. The molecule has 6 atom stereocenters. The van der Waals surface area contributed by atoms with Crippen LogP contribution in [0.25, 0.3) is 0 Å². The van der Waals surface area contributed by atoms with Gasteiger partial charge >= 0.3 is 0 Å². The van der Waals surface area contributed by atoms with Gasteiger partial charge in [0.05, 0.1) is 17.7 Å². The van der Waals surface area contributed by atoms with Crippen LogP contribution in [0.3, 0.4) is 0 Å². The molecule has 6 aliphatic rings. The van der Waals surface area contributed by atoms with Gasteiger partial charge in [-0.2, -0.15) is 5.26 Å². The Morgan fingerprint density at radius 3 is 2.46 bits per heavy atom. The number of nitrogens with two attached hydrogens (primary N) is 1. The number of nitriles is 1. The fraction of sp³-hybridized carbons (Fsp3) is 0.889. The Hall–Kier alpha value is -1.16. The Bertz CT molecular complexity index is 601. The highest BCUT2D eigenvalue weighted by molar-refractivity contribution is 5.84. The molecular formula is C18H27N3O3. The first-order valence-electron chi connectivity index (χ1n) is 9.13. The third-order valence-corrected chi connectivity index (χ3v) is 7.51. The largest absolute Gasteiger partial charge is 0.412 e. The van der Waals surface area contributed by atoms with E-state index in [1.165, 1.54) is 6.42 Å². The van der Waals surface area contributed by atoms with Crippen molar-refractivity contribution in [2.24, 2.45) is 28.9 Å². The van der Waals surface area contributed by atoms with E-state index >= 15 is 0 Å². The second kappa shape index (κ2) is 4.94. The molecule has 6 fully saturated rings. The van der Waals surface area contributed by atoms with Crippen LogP contribution in [0.15, 0.2) is 0 Å². The van der Waals surface area contributed by atoms with Crippen LogP contribution in [-0.2, 0) is 4.79 Å². The number of carbonyl (C=O) groups is 1. The van der Waals surface area contributed by atoms with Crippen LogP contribution in [0, 0.1) is 34.5 Å². The van der Waals surface area contributed by atoms with Crippen molar-refractivity contribution in [1.82, 2.24) is 4.90 Å². The number of hydrogen-bond acceptors (Lipinski definition) is 4. The van der Waals surface area contributed by atoms with E-state index in [0.717, 1.165) is 38.5 Å². The van der Waals surface area contributed by atoms with E-state index in [1.807, 2.05) is 0 Å². The number of carbonyl (C=O) groups excluding carboxylic acids is 1. The normalized spacial score (nSPS) is 51.5. The zero-order valence-corrected chi connectivity index (χ0v) is 13.9. The summed E-state index contributed by atoms with van der Waals surface area (Å²) in [6.45, 7) is 0. The predicted octanol–water partition coefficient (Wildman–Crippen LogP) is 0.333. The average Bonchev–Trinajstić information content (AvgIpc) is 3.14. The lowest BCUT2D eigenvalue weighted by atomic mass is 9.46. The number of fused-ring (bicyclic) bond motifs is 1. The van der Waals surface area contributed by atoms with Gasteiger partial charge in [0.1, 0.15) is 6.04 Å². The molecule has 5 saturated carbocycles.